The molecule has 7 heteroatoms. The van der Waals surface area contributed by atoms with Crippen LogP contribution in [0.25, 0.3) is 11.4 Å². The van der Waals surface area contributed by atoms with Crippen LogP contribution in [0.1, 0.15) is 29.2 Å². The number of carbonyl (C=O) groups excluding carboxylic acids is 1. The van der Waals surface area contributed by atoms with Gasteiger partial charge in [-0.25, -0.2) is 0 Å². The van der Waals surface area contributed by atoms with Gasteiger partial charge in [-0.2, -0.15) is 4.98 Å². The van der Waals surface area contributed by atoms with Gasteiger partial charge in [-0.3, -0.25) is 4.79 Å². The van der Waals surface area contributed by atoms with E-state index in [1.54, 1.807) is 32.2 Å². The fourth-order valence-corrected chi connectivity index (χ4v) is 2.43. The lowest BCUT2D eigenvalue weighted by Crippen LogP contribution is -2.26. The van der Waals surface area contributed by atoms with Crippen molar-refractivity contribution in [2.45, 2.75) is 13.0 Å². The standard InChI is InChI=1S/C19H19N3O4/c1-12(19-21-17(22-26-19)13-7-5-4-6-8-13)20-18(23)14-9-10-15(24-2)16(11-14)25-3/h4-12H,1-3H3,(H,20,23)/t12-/m1/s1. The zero-order valence-corrected chi connectivity index (χ0v) is 14.7. The molecule has 3 rings (SSSR count). The minimum absolute atomic E-state index is 0.280. The van der Waals surface area contributed by atoms with E-state index < -0.39 is 6.04 Å². The van der Waals surface area contributed by atoms with Crippen LogP contribution in [0.5, 0.6) is 11.5 Å². The summed E-state index contributed by atoms with van der Waals surface area (Å²) in [5.74, 6) is 1.57. The van der Waals surface area contributed by atoms with E-state index in [1.807, 2.05) is 30.3 Å². The van der Waals surface area contributed by atoms with Gasteiger partial charge in [0.05, 0.1) is 14.2 Å². The quantitative estimate of drug-likeness (QED) is 0.732. The van der Waals surface area contributed by atoms with Gasteiger partial charge in [0.1, 0.15) is 6.04 Å². The Balaban J connectivity index is 1.73. The molecule has 0 aliphatic heterocycles. The molecule has 0 fully saturated rings. The molecule has 0 aliphatic carbocycles. The summed E-state index contributed by atoms with van der Waals surface area (Å²) in [6, 6.07) is 14.0. The number of amides is 1. The molecule has 134 valence electrons. The minimum Gasteiger partial charge on any atom is -0.493 e. The molecular formula is C19H19N3O4. The van der Waals surface area contributed by atoms with E-state index in [-0.39, 0.29) is 5.91 Å². The van der Waals surface area contributed by atoms with Crippen molar-refractivity contribution in [2.24, 2.45) is 0 Å². The smallest absolute Gasteiger partial charge is 0.252 e. The predicted molar refractivity (Wildman–Crippen MR) is 95.2 cm³/mol. The van der Waals surface area contributed by atoms with Gasteiger partial charge in [0.2, 0.25) is 11.7 Å². The van der Waals surface area contributed by atoms with E-state index in [4.69, 9.17) is 14.0 Å². The molecule has 1 atom stereocenters. The summed E-state index contributed by atoms with van der Waals surface area (Å²) in [6.45, 7) is 1.78. The van der Waals surface area contributed by atoms with Crippen LogP contribution in [-0.2, 0) is 0 Å². The van der Waals surface area contributed by atoms with E-state index in [1.165, 1.54) is 7.11 Å². The highest BCUT2D eigenvalue weighted by Crippen LogP contribution is 2.27. The third kappa shape index (κ3) is 3.66. The van der Waals surface area contributed by atoms with E-state index in [0.717, 1.165) is 5.56 Å². The molecule has 1 amide bonds. The summed E-state index contributed by atoms with van der Waals surface area (Å²) in [6.07, 6.45) is 0. The number of nitrogens with one attached hydrogen (secondary N) is 1. The van der Waals surface area contributed by atoms with Crippen molar-refractivity contribution in [1.29, 1.82) is 0 Å². The van der Waals surface area contributed by atoms with Gasteiger partial charge in [0, 0.05) is 11.1 Å². The van der Waals surface area contributed by atoms with Crippen molar-refractivity contribution in [3.05, 3.63) is 60.0 Å². The molecule has 0 saturated heterocycles. The lowest BCUT2D eigenvalue weighted by Gasteiger charge is -2.12. The fourth-order valence-electron chi connectivity index (χ4n) is 2.43. The van der Waals surface area contributed by atoms with Crippen molar-refractivity contribution in [1.82, 2.24) is 15.5 Å². The molecule has 7 nitrogen and oxygen atoms in total. The van der Waals surface area contributed by atoms with Gasteiger partial charge >= 0.3 is 0 Å². The van der Waals surface area contributed by atoms with Crippen molar-refractivity contribution in [3.63, 3.8) is 0 Å². The molecule has 26 heavy (non-hydrogen) atoms. The molecular weight excluding hydrogens is 334 g/mol. The van der Waals surface area contributed by atoms with Crippen molar-refractivity contribution >= 4 is 5.91 Å². The highest BCUT2D eigenvalue weighted by Gasteiger charge is 2.19. The maximum Gasteiger partial charge on any atom is 0.252 e. The first-order valence-corrected chi connectivity index (χ1v) is 8.04. The lowest BCUT2D eigenvalue weighted by molar-refractivity contribution is 0.0932. The van der Waals surface area contributed by atoms with E-state index >= 15 is 0 Å². The third-order valence-corrected chi connectivity index (χ3v) is 3.84. The first kappa shape index (κ1) is 17.5. The maximum atomic E-state index is 12.5. The first-order chi connectivity index (χ1) is 12.6. The second-order valence-corrected chi connectivity index (χ2v) is 5.59. The lowest BCUT2D eigenvalue weighted by atomic mass is 10.1. The molecule has 1 aromatic heterocycles. The molecule has 0 radical (unpaired) electrons. The minimum atomic E-state index is -0.444. The number of benzene rings is 2. The summed E-state index contributed by atoms with van der Waals surface area (Å²) >= 11 is 0. The third-order valence-electron chi connectivity index (χ3n) is 3.84. The highest BCUT2D eigenvalue weighted by atomic mass is 16.5. The molecule has 3 aromatic rings. The fraction of sp³-hybridized carbons (Fsp3) is 0.211. The zero-order valence-electron chi connectivity index (χ0n) is 14.7. The summed E-state index contributed by atoms with van der Waals surface area (Å²) in [7, 11) is 3.06. The van der Waals surface area contributed by atoms with Crippen LogP contribution in [0, 0.1) is 0 Å². The van der Waals surface area contributed by atoms with Crippen LogP contribution < -0.4 is 14.8 Å². The maximum absolute atomic E-state index is 12.5. The summed E-state index contributed by atoms with van der Waals surface area (Å²) in [4.78, 5) is 16.8. The number of hydrogen-bond donors (Lipinski definition) is 1. The number of carbonyl (C=O) groups is 1. The Hall–Kier alpha value is -3.35. The van der Waals surface area contributed by atoms with E-state index in [0.29, 0.717) is 28.8 Å². The number of rotatable bonds is 6. The monoisotopic (exact) mass is 353 g/mol. The second-order valence-electron chi connectivity index (χ2n) is 5.59. The van der Waals surface area contributed by atoms with Crippen LogP contribution in [0.4, 0.5) is 0 Å². The van der Waals surface area contributed by atoms with Crippen LogP contribution in [0.3, 0.4) is 0 Å². The van der Waals surface area contributed by atoms with Gasteiger partial charge in [-0.1, -0.05) is 35.5 Å². The topological polar surface area (TPSA) is 86.5 Å². The Morgan fingerprint density at radius 3 is 2.50 bits per heavy atom. The Labute approximate surface area is 150 Å². The SMILES string of the molecule is COc1ccc(C(=O)N[C@H](C)c2nc(-c3ccccc3)no2)cc1OC. The van der Waals surface area contributed by atoms with Crippen molar-refractivity contribution in [3.8, 4) is 22.9 Å². The number of ether oxygens (including phenoxy) is 2. The van der Waals surface area contributed by atoms with E-state index in [9.17, 15) is 4.79 Å². The average molecular weight is 353 g/mol. The molecule has 0 aliphatic rings. The molecule has 1 N–H and O–H groups in total. The molecule has 1 heterocycles. The van der Waals surface area contributed by atoms with Gasteiger partial charge in [-0.05, 0) is 25.1 Å². The largest absolute Gasteiger partial charge is 0.493 e. The Morgan fingerprint density at radius 2 is 1.81 bits per heavy atom. The second kappa shape index (κ2) is 7.69. The number of aromatic nitrogens is 2. The summed E-state index contributed by atoms with van der Waals surface area (Å²) in [5, 5.41) is 6.80. The first-order valence-electron chi connectivity index (χ1n) is 8.04. The summed E-state index contributed by atoms with van der Waals surface area (Å²) in [5.41, 5.74) is 1.29. The molecule has 0 saturated carbocycles. The van der Waals surface area contributed by atoms with Crippen molar-refractivity contribution in [2.75, 3.05) is 14.2 Å². The average Bonchev–Trinajstić information content (AvgIpc) is 3.18. The van der Waals surface area contributed by atoms with Gasteiger partial charge < -0.3 is 19.3 Å². The van der Waals surface area contributed by atoms with Crippen LogP contribution >= 0.6 is 0 Å². The van der Waals surface area contributed by atoms with Crippen LogP contribution in [-0.4, -0.2) is 30.3 Å². The normalized spacial score (nSPS) is 11.7. The Morgan fingerprint density at radius 1 is 1.08 bits per heavy atom. The predicted octanol–water partition coefficient (Wildman–Crippen LogP) is 3.24. The van der Waals surface area contributed by atoms with Crippen LogP contribution in [0.2, 0.25) is 0 Å². The number of methoxy groups -OCH3 is 2. The Bertz CT molecular complexity index is 893. The van der Waals surface area contributed by atoms with Crippen LogP contribution in [0.15, 0.2) is 53.1 Å². The molecule has 0 bridgehead atoms. The molecule has 0 spiro atoms. The molecule has 0 unspecified atom stereocenters. The Kier molecular flexibility index (Phi) is 5.17. The van der Waals surface area contributed by atoms with Gasteiger partial charge in [0.15, 0.2) is 11.5 Å². The zero-order chi connectivity index (χ0) is 18.5. The number of nitrogens with zero attached hydrogens (tertiary/aromatic N) is 2. The van der Waals surface area contributed by atoms with Crippen molar-refractivity contribution < 1.29 is 18.8 Å². The highest BCUT2D eigenvalue weighted by molar-refractivity contribution is 5.95. The number of hydrogen-bond acceptors (Lipinski definition) is 6. The summed E-state index contributed by atoms with van der Waals surface area (Å²) < 4.78 is 15.7. The van der Waals surface area contributed by atoms with E-state index in [2.05, 4.69) is 15.5 Å². The van der Waals surface area contributed by atoms with Gasteiger partial charge in [-0.15, -0.1) is 0 Å². The van der Waals surface area contributed by atoms with Gasteiger partial charge in [0.25, 0.3) is 5.91 Å². The molecule has 2 aromatic carbocycles.